The van der Waals surface area contributed by atoms with Crippen LogP contribution < -0.4 is 10.5 Å². The number of hydrogen-bond donors (Lipinski definition) is 1. The first kappa shape index (κ1) is 16.1. The van der Waals surface area contributed by atoms with Gasteiger partial charge in [-0.2, -0.15) is 0 Å². The van der Waals surface area contributed by atoms with Gasteiger partial charge in [0.05, 0.1) is 17.9 Å². The minimum absolute atomic E-state index is 0.0379. The lowest BCUT2D eigenvalue weighted by atomic mass is 10.2. The van der Waals surface area contributed by atoms with E-state index in [4.69, 9.17) is 15.2 Å². The van der Waals surface area contributed by atoms with Crippen molar-refractivity contribution in [3.05, 3.63) is 23.8 Å². The number of hydrogen-bond acceptors (Lipinski definition) is 5. The second-order valence-corrected chi connectivity index (χ2v) is 5.27. The third-order valence-electron chi connectivity index (χ3n) is 3.49. The molecule has 2 N–H and O–H groups in total. The highest BCUT2D eigenvalue weighted by Gasteiger charge is 2.18. The molecule has 22 heavy (non-hydrogen) atoms. The number of carbonyl (C=O) groups is 2. The van der Waals surface area contributed by atoms with Crippen molar-refractivity contribution >= 4 is 17.6 Å². The van der Waals surface area contributed by atoms with Crippen LogP contribution in [0.1, 0.15) is 36.5 Å². The molecule has 1 fully saturated rings. The maximum atomic E-state index is 11.9. The minimum atomic E-state index is -0.409. The second kappa shape index (κ2) is 7.68. The number of nitrogens with zero attached hydrogens (tertiary/aromatic N) is 1. The van der Waals surface area contributed by atoms with Crippen LogP contribution in [0.5, 0.6) is 5.75 Å². The number of benzene rings is 1. The Morgan fingerprint density at radius 3 is 2.64 bits per heavy atom. The van der Waals surface area contributed by atoms with Crippen LogP contribution >= 0.6 is 0 Å². The quantitative estimate of drug-likeness (QED) is 0.640. The number of rotatable bonds is 6. The molecule has 1 aliphatic rings. The van der Waals surface area contributed by atoms with Crippen LogP contribution in [-0.4, -0.2) is 43.1 Å². The molecule has 0 bridgehead atoms. The smallest absolute Gasteiger partial charge is 0.338 e. The van der Waals surface area contributed by atoms with Crippen molar-refractivity contribution in [2.24, 2.45) is 0 Å². The van der Waals surface area contributed by atoms with E-state index in [0.29, 0.717) is 23.6 Å². The first-order valence-corrected chi connectivity index (χ1v) is 7.59. The van der Waals surface area contributed by atoms with Crippen molar-refractivity contribution in [3.8, 4) is 5.75 Å². The van der Waals surface area contributed by atoms with Crippen molar-refractivity contribution in [3.63, 3.8) is 0 Å². The Morgan fingerprint density at radius 2 is 2.00 bits per heavy atom. The molecule has 0 aromatic heterocycles. The SMILES string of the molecule is CCCOC(=O)c1ccc(OCC(=O)N2CCCC2)c(N)c1. The van der Waals surface area contributed by atoms with Crippen molar-refractivity contribution in [2.75, 3.05) is 32.0 Å². The summed E-state index contributed by atoms with van der Waals surface area (Å²) in [7, 11) is 0. The van der Waals surface area contributed by atoms with Gasteiger partial charge in [-0.3, -0.25) is 4.79 Å². The van der Waals surface area contributed by atoms with Gasteiger partial charge in [-0.05, 0) is 37.5 Å². The van der Waals surface area contributed by atoms with E-state index in [2.05, 4.69) is 0 Å². The Bertz CT molecular complexity index is 539. The molecule has 1 heterocycles. The normalized spacial score (nSPS) is 14.0. The molecule has 0 radical (unpaired) electrons. The van der Waals surface area contributed by atoms with E-state index >= 15 is 0 Å². The van der Waals surface area contributed by atoms with Crippen molar-refractivity contribution in [1.29, 1.82) is 0 Å². The summed E-state index contributed by atoms with van der Waals surface area (Å²) in [4.78, 5) is 25.4. The Kier molecular flexibility index (Phi) is 5.63. The fraction of sp³-hybridized carbons (Fsp3) is 0.500. The number of esters is 1. The van der Waals surface area contributed by atoms with Crippen LogP contribution in [0.2, 0.25) is 0 Å². The molecule has 6 nitrogen and oxygen atoms in total. The Hall–Kier alpha value is -2.24. The average molecular weight is 306 g/mol. The van der Waals surface area contributed by atoms with Crippen LogP contribution in [-0.2, 0) is 9.53 Å². The van der Waals surface area contributed by atoms with Gasteiger partial charge in [0.25, 0.3) is 5.91 Å². The van der Waals surface area contributed by atoms with Gasteiger partial charge in [0.15, 0.2) is 6.61 Å². The number of nitrogen functional groups attached to an aromatic ring is 1. The summed E-state index contributed by atoms with van der Waals surface area (Å²) in [6.07, 6.45) is 2.85. The van der Waals surface area contributed by atoms with Crippen molar-refractivity contribution in [1.82, 2.24) is 4.90 Å². The van der Waals surface area contributed by atoms with Gasteiger partial charge >= 0.3 is 5.97 Å². The molecule has 120 valence electrons. The third-order valence-corrected chi connectivity index (χ3v) is 3.49. The number of amides is 1. The largest absolute Gasteiger partial charge is 0.482 e. The Labute approximate surface area is 130 Å². The lowest BCUT2D eigenvalue weighted by Crippen LogP contribution is -2.32. The minimum Gasteiger partial charge on any atom is -0.482 e. The molecule has 1 amide bonds. The average Bonchev–Trinajstić information content (AvgIpc) is 3.05. The molecule has 1 saturated heterocycles. The fourth-order valence-electron chi connectivity index (χ4n) is 2.28. The maximum absolute atomic E-state index is 11.9. The molecule has 6 heteroatoms. The first-order chi connectivity index (χ1) is 10.6. The van der Waals surface area contributed by atoms with Crippen LogP contribution in [0.15, 0.2) is 18.2 Å². The van der Waals surface area contributed by atoms with Gasteiger partial charge in [-0.15, -0.1) is 0 Å². The molecule has 1 aromatic carbocycles. The molecule has 0 saturated carbocycles. The summed E-state index contributed by atoms with van der Waals surface area (Å²) in [5.41, 5.74) is 6.57. The highest BCUT2D eigenvalue weighted by molar-refractivity contribution is 5.91. The number of ether oxygens (including phenoxy) is 2. The van der Waals surface area contributed by atoms with Gasteiger partial charge in [0, 0.05) is 13.1 Å². The van der Waals surface area contributed by atoms with Gasteiger partial charge in [-0.25, -0.2) is 4.79 Å². The highest BCUT2D eigenvalue weighted by atomic mass is 16.5. The Morgan fingerprint density at radius 1 is 1.27 bits per heavy atom. The van der Waals surface area contributed by atoms with E-state index in [1.807, 2.05) is 6.92 Å². The molecule has 1 aliphatic heterocycles. The van der Waals surface area contributed by atoms with Crippen molar-refractivity contribution < 1.29 is 19.1 Å². The summed E-state index contributed by atoms with van der Waals surface area (Å²) in [5.74, 6) is -0.0452. The van der Waals surface area contributed by atoms with Crippen LogP contribution in [0.25, 0.3) is 0 Å². The maximum Gasteiger partial charge on any atom is 0.338 e. The molecule has 1 aromatic rings. The van der Waals surface area contributed by atoms with E-state index in [0.717, 1.165) is 32.4 Å². The van der Waals surface area contributed by atoms with E-state index in [1.54, 1.807) is 17.0 Å². The van der Waals surface area contributed by atoms with Crippen LogP contribution in [0.3, 0.4) is 0 Å². The summed E-state index contributed by atoms with van der Waals surface area (Å²) in [5, 5.41) is 0. The van der Waals surface area contributed by atoms with Gasteiger partial charge in [0.1, 0.15) is 5.75 Å². The topological polar surface area (TPSA) is 81.9 Å². The lowest BCUT2D eigenvalue weighted by molar-refractivity contribution is -0.132. The zero-order chi connectivity index (χ0) is 15.9. The number of nitrogens with two attached hydrogens (primary N) is 1. The summed E-state index contributed by atoms with van der Waals surface area (Å²) in [6.45, 7) is 3.85. The Balaban J connectivity index is 1.91. The second-order valence-electron chi connectivity index (χ2n) is 5.27. The van der Waals surface area contributed by atoms with Crippen molar-refractivity contribution in [2.45, 2.75) is 26.2 Å². The molecule has 2 rings (SSSR count). The van der Waals surface area contributed by atoms with E-state index in [9.17, 15) is 9.59 Å². The summed E-state index contributed by atoms with van der Waals surface area (Å²) < 4.78 is 10.5. The number of anilines is 1. The van der Waals surface area contributed by atoms with Gasteiger partial charge < -0.3 is 20.1 Å². The predicted octanol–water partition coefficient (Wildman–Crippen LogP) is 1.84. The molecular formula is C16H22N2O4. The van der Waals surface area contributed by atoms with E-state index in [-0.39, 0.29) is 12.5 Å². The van der Waals surface area contributed by atoms with Gasteiger partial charge in [-0.1, -0.05) is 6.92 Å². The molecule has 0 unspecified atom stereocenters. The van der Waals surface area contributed by atoms with Crippen LogP contribution in [0.4, 0.5) is 5.69 Å². The molecule has 0 spiro atoms. The monoisotopic (exact) mass is 306 g/mol. The zero-order valence-electron chi connectivity index (χ0n) is 12.8. The first-order valence-electron chi connectivity index (χ1n) is 7.59. The predicted molar refractivity (Wildman–Crippen MR) is 82.7 cm³/mol. The van der Waals surface area contributed by atoms with E-state index in [1.165, 1.54) is 6.07 Å². The summed E-state index contributed by atoms with van der Waals surface area (Å²) in [6, 6.07) is 4.69. The zero-order valence-corrected chi connectivity index (χ0v) is 12.8. The molecule has 0 atom stereocenters. The standard InChI is InChI=1S/C16H22N2O4/c1-2-9-21-16(20)12-5-6-14(13(17)10-12)22-11-15(19)18-7-3-4-8-18/h5-6,10H,2-4,7-9,11,17H2,1H3. The molecule has 0 aliphatic carbocycles. The summed E-state index contributed by atoms with van der Waals surface area (Å²) >= 11 is 0. The lowest BCUT2D eigenvalue weighted by Gasteiger charge is -2.16. The number of likely N-dealkylation sites (tertiary alicyclic amines) is 1. The van der Waals surface area contributed by atoms with Crippen LogP contribution in [0, 0.1) is 0 Å². The van der Waals surface area contributed by atoms with E-state index < -0.39 is 5.97 Å². The third kappa shape index (κ3) is 4.13. The molecular weight excluding hydrogens is 284 g/mol. The van der Waals surface area contributed by atoms with Gasteiger partial charge in [0.2, 0.25) is 0 Å². The number of carbonyl (C=O) groups excluding carboxylic acids is 2. The fourth-order valence-corrected chi connectivity index (χ4v) is 2.28. The highest BCUT2D eigenvalue weighted by Crippen LogP contribution is 2.23.